The van der Waals surface area contributed by atoms with E-state index in [0.717, 1.165) is 80.7 Å². The number of aliphatic hydroxyl groups excluding tert-OH is 2. The highest BCUT2D eigenvalue weighted by atomic mass is 35.5. The maximum absolute atomic E-state index is 13.8. The summed E-state index contributed by atoms with van der Waals surface area (Å²) in [6, 6.07) is 11.5. The third kappa shape index (κ3) is 7.15. The van der Waals surface area contributed by atoms with Crippen molar-refractivity contribution in [3.05, 3.63) is 70.3 Å². The largest absolute Gasteiger partial charge is 0.487 e. The first-order valence-electron chi connectivity index (χ1n) is 16.5. The van der Waals surface area contributed by atoms with Gasteiger partial charge in [0.15, 0.2) is 0 Å². The van der Waals surface area contributed by atoms with Crippen LogP contribution >= 0.6 is 11.6 Å². The van der Waals surface area contributed by atoms with Gasteiger partial charge in [-0.1, -0.05) is 62.1 Å². The van der Waals surface area contributed by atoms with Crippen LogP contribution in [0.4, 0.5) is 5.69 Å². The lowest BCUT2D eigenvalue weighted by Crippen LogP contribution is -2.43. The van der Waals surface area contributed by atoms with Gasteiger partial charge in [0.2, 0.25) is 10.0 Å². The Morgan fingerprint density at radius 2 is 1.86 bits per heavy atom. The Morgan fingerprint density at radius 3 is 2.61 bits per heavy atom. The zero-order valence-corrected chi connectivity index (χ0v) is 27.3. The van der Waals surface area contributed by atoms with Crippen molar-refractivity contribution in [2.24, 2.45) is 23.7 Å². The van der Waals surface area contributed by atoms with Crippen LogP contribution in [-0.4, -0.2) is 43.1 Å². The summed E-state index contributed by atoms with van der Waals surface area (Å²) in [7, 11) is -3.84. The molecule has 4 aliphatic rings. The number of rotatable bonds is 2. The number of anilines is 1. The summed E-state index contributed by atoms with van der Waals surface area (Å²) in [5.41, 5.74) is 3.63. The van der Waals surface area contributed by atoms with E-state index in [1.807, 2.05) is 49.4 Å². The molecule has 7 nitrogen and oxygen atoms in total. The zero-order chi connectivity index (χ0) is 30.8. The molecule has 0 radical (unpaired) electrons. The number of sulfonamides is 1. The molecule has 44 heavy (non-hydrogen) atoms. The lowest BCUT2D eigenvalue weighted by Gasteiger charge is -2.42. The number of halogens is 1. The third-order valence-electron chi connectivity index (χ3n) is 10.6. The van der Waals surface area contributed by atoms with E-state index in [9.17, 15) is 18.6 Å². The summed E-state index contributed by atoms with van der Waals surface area (Å²) in [6.45, 7) is 3.91. The Labute approximate surface area is 267 Å². The minimum absolute atomic E-state index is 0.150. The zero-order valence-electron chi connectivity index (χ0n) is 25.7. The second-order valence-electron chi connectivity index (χ2n) is 13.6. The molecule has 6 rings (SSSR count). The lowest BCUT2D eigenvalue weighted by atomic mass is 9.70. The maximum atomic E-state index is 13.8. The van der Waals surface area contributed by atoms with Crippen LogP contribution in [0.5, 0.6) is 5.75 Å². The van der Waals surface area contributed by atoms with Gasteiger partial charge in [0.05, 0.1) is 17.0 Å². The predicted molar refractivity (Wildman–Crippen MR) is 175 cm³/mol. The monoisotopic (exact) mass is 642 g/mol. The van der Waals surface area contributed by atoms with E-state index in [0.29, 0.717) is 42.6 Å². The molecule has 0 saturated heterocycles. The minimum Gasteiger partial charge on any atom is -0.487 e. The van der Waals surface area contributed by atoms with Gasteiger partial charge in [-0.2, -0.15) is 4.72 Å². The first-order chi connectivity index (χ1) is 21.2. The van der Waals surface area contributed by atoms with Crippen LogP contribution in [0.15, 0.2) is 48.6 Å². The number of benzene rings is 2. The van der Waals surface area contributed by atoms with Gasteiger partial charge in [0, 0.05) is 18.1 Å². The Bertz CT molecular complexity index is 1440. The summed E-state index contributed by atoms with van der Waals surface area (Å²) in [5.74, 6) is 1.43. The number of aryl methyl sites for hydroxylation is 1. The van der Waals surface area contributed by atoms with Gasteiger partial charge >= 0.3 is 0 Å². The van der Waals surface area contributed by atoms with Gasteiger partial charge in [0.1, 0.15) is 18.6 Å². The summed E-state index contributed by atoms with van der Waals surface area (Å²) in [5, 5.41) is 22.6. The molecule has 2 saturated carbocycles. The fraction of sp³-hybridized carbons (Fsp3) is 0.600. The van der Waals surface area contributed by atoms with Gasteiger partial charge in [-0.15, -0.1) is 0 Å². The smallest absolute Gasteiger partial charge is 0.217 e. The topological polar surface area (TPSA) is 99.1 Å². The maximum Gasteiger partial charge on any atom is 0.217 e. The van der Waals surface area contributed by atoms with E-state index in [2.05, 4.69) is 9.62 Å². The molecule has 2 aromatic carbocycles. The van der Waals surface area contributed by atoms with Gasteiger partial charge in [-0.3, -0.25) is 0 Å². The standard InChI is InChI=1S/C35H47ClN2O5S/c1-23-6-4-10-32(39)30-15-12-27(30)21-38-17-3-2-9-25-19-29(36)14-11-28(25)22-43-33-16-13-26(20-31(33)38)35(40)37-44(41,42)34(23)18-24-7-5-8-24/h4,10-11,13-14,16,19-20,23-24,27,30,32,34-35,37,39-40H,2-3,5-9,12,15,17-18,21-22H2,1H3/b10-4+/t23-,27-,30+,32-,34+,35?/m0/s1. The number of aliphatic hydroxyl groups is 2. The number of nitrogens with zero attached hydrogens (tertiary/aromatic N) is 1. The first kappa shape index (κ1) is 31.9. The molecule has 9 heteroatoms. The van der Waals surface area contributed by atoms with Crippen LogP contribution in [0.2, 0.25) is 5.02 Å². The molecule has 2 aliphatic heterocycles. The van der Waals surface area contributed by atoms with Crippen molar-refractivity contribution in [2.75, 3.05) is 18.0 Å². The van der Waals surface area contributed by atoms with Crippen molar-refractivity contribution in [1.82, 2.24) is 4.72 Å². The van der Waals surface area contributed by atoms with Crippen molar-refractivity contribution >= 4 is 27.3 Å². The fourth-order valence-corrected chi connectivity index (χ4v) is 9.50. The van der Waals surface area contributed by atoms with E-state index in [4.69, 9.17) is 16.3 Å². The molecule has 0 spiro atoms. The SMILES string of the molecule is C[C@H]1C/C=C/[C@H](O)[C@@H]2CC[C@H]2CN2CCCCc3cc(Cl)ccc3COc3ccc(cc32)C(O)NS(=O)(=O)[C@@H]1CC1CCC1. The summed E-state index contributed by atoms with van der Waals surface area (Å²) >= 11 is 6.33. The molecule has 2 heterocycles. The van der Waals surface area contributed by atoms with E-state index in [1.54, 1.807) is 6.07 Å². The minimum atomic E-state index is -3.84. The highest BCUT2D eigenvalue weighted by molar-refractivity contribution is 7.90. The average molecular weight is 643 g/mol. The Kier molecular flexibility index (Phi) is 9.93. The highest BCUT2D eigenvalue weighted by Crippen LogP contribution is 2.42. The van der Waals surface area contributed by atoms with Crippen LogP contribution in [-0.2, 0) is 23.1 Å². The van der Waals surface area contributed by atoms with Gasteiger partial charge in [0.25, 0.3) is 0 Å². The van der Waals surface area contributed by atoms with Crippen LogP contribution in [0.25, 0.3) is 0 Å². The molecule has 2 aliphatic carbocycles. The van der Waals surface area contributed by atoms with Crippen molar-refractivity contribution in [2.45, 2.75) is 95.3 Å². The van der Waals surface area contributed by atoms with Crippen molar-refractivity contribution in [1.29, 1.82) is 0 Å². The molecule has 2 fully saturated rings. The summed E-state index contributed by atoms with van der Waals surface area (Å²) in [6.07, 6.45) is 11.2. The highest BCUT2D eigenvalue weighted by Gasteiger charge is 2.38. The number of nitrogens with one attached hydrogen (secondary N) is 1. The molecule has 0 amide bonds. The molecular formula is C35H47ClN2O5S. The molecule has 3 N–H and O–H groups in total. The molecule has 6 atom stereocenters. The number of hydrogen-bond acceptors (Lipinski definition) is 6. The van der Waals surface area contributed by atoms with Gasteiger partial charge < -0.3 is 19.8 Å². The van der Waals surface area contributed by atoms with Crippen molar-refractivity contribution < 1.29 is 23.4 Å². The first-order valence-corrected chi connectivity index (χ1v) is 18.4. The lowest BCUT2D eigenvalue weighted by molar-refractivity contribution is 0.0460. The molecule has 240 valence electrons. The number of allylic oxidation sites excluding steroid dienone is 1. The van der Waals surface area contributed by atoms with Crippen molar-refractivity contribution in [3.63, 3.8) is 0 Å². The quantitative estimate of drug-likeness (QED) is 0.323. The Hall–Kier alpha value is -2.10. The number of hydrogen-bond donors (Lipinski definition) is 3. The van der Waals surface area contributed by atoms with Crippen LogP contribution in [0.3, 0.4) is 0 Å². The molecular weight excluding hydrogens is 596 g/mol. The fourth-order valence-electron chi connectivity index (χ4n) is 7.44. The third-order valence-corrected chi connectivity index (χ3v) is 12.9. The second-order valence-corrected chi connectivity index (χ2v) is 16.0. The van der Waals surface area contributed by atoms with E-state index in [-0.39, 0.29) is 11.8 Å². The van der Waals surface area contributed by atoms with Gasteiger partial charge in [-0.25, -0.2) is 8.42 Å². The van der Waals surface area contributed by atoms with E-state index >= 15 is 0 Å². The Morgan fingerprint density at radius 1 is 1.02 bits per heavy atom. The molecule has 0 aromatic heterocycles. The number of fused-ring (bicyclic) bond motifs is 3. The number of ether oxygens (including phenoxy) is 1. The van der Waals surface area contributed by atoms with E-state index in [1.165, 1.54) is 5.56 Å². The molecule has 2 bridgehead atoms. The van der Waals surface area contributed by atoms with Crippen LogP contribution < -0.4 is 14.4 Å². The van der Waals surface area contributed by atoms with Gasteiger partial charge in [-0.05, 0) is 110 Å². The summed E-state index contributed by atoms with van der Waals surface area (Å²) in [4.78, 5) is 2.32. The van der Waals surface area contributed by atoms with Crippen molar-refractivity contribution in [3.8, 4) is 5.75 Å². The second kappa shape index (κ2) is 13.7. The molecule has 1 unspecified atom stereocenters. The van der Waals surface area contributed by atoms with Crippen LogP contribution in [0.1, 0.15) is 87.6 Å². The van der Waals surface area contributed by atoms with E-state index < -0.39 is 27.6 Å². The summed E-state index contributed by atoms with van der Waals surface area (Å²) < 4.78 is 36.8. The molecule has 2 aromatic rings. The average Bonchev–Trinajstić information content (AvgIpc) is 2.96. The predicted octanol–water partition coefficient (Wildman–Crippen LogP) is 6.51. The Balaban J connectivity index is 1.36. The normalized spacial score (nSPS) is 32.0. The van der Waals surface area contributed by atoms with Crippen LogP contribution in [0, 0.1) is 23.7 Å².